The van der Waals surface area contributed by atoms with Crippen molar-refractivity contribution in [3.63, 3.8) is 0 Å². The van der Waals surface area contributed by atoms with Crippen LogP contribution in [0.15, 0.2) is 30.6 Å². The van der Waals surface area contributed by atoms with E-state index in [-0.39, 0.29) is 5.56 Å². The predicted molar refractivity (Wildman–Crippen MR) is 64.9 cm³/mol. The van der Waals surface area contributed by atoms with Crippen molar-refractivity contribution in [2.45, 2.75) is 25.9 Å². The number of nitrogens with zero attached hydrogens (tertiary/aromatic N) is 2. The first-order valence-electron chi connectivity index (χ1n) is 5.82. The second-order valence-electron chi connectivity index (χ2n) is 4.16. The summed E-state index contributed by atoms with van der Waals surface area (Å²) in [5.74, 6) is -1.74. The zero-order valence-corrected chi connectivity index (χ0v) is 10.1. The molecule has 0 bridgehead atoms. The molecule has 2 rings (SSSR count). The average molecular weight is 251 g/mol. The lowest BCUT2D eigenvalue weighted by atomic mass is 10.0. The van der Waals surface area contributed by atoms with Crippen LogP contribution in [0.2, 0.25) is 0 Å². The molecule has 2 N–H and O–H groups in total. The molecule has 0 saturated carbocycles. The molecule has 1 unspecified atom stereocenters. The maximum Gasteiger partial charge on any atom is 0.163 e. The fraction of sp³-hybridized carbons (Fsp3) is 0.308. The van der Waals surface area contributed by atoms with E-state index in [0.717, 1.165) is 18.2 Å². The first kappa shape index (κ1) is 12.7. The fourth-order valence-electron chi connectivity index (χ4n) is 1.86. The Bertz CT molecular complexity index is 537. The summed E-state index contributed by atoms with van der Waals surface area (Å²) in [6.45, 7) is 2.74. The van der Waals surface area contributed by atoms with Crippen molar-refractivity contribution in [2.75, 3.05) is 0 Å². The van der Waals surface area contributed by atoms with Crippen LogP contribution in [-0.4, -0.2) is 9.78 Å². The second-order valence-corrected chi connectivity index (χ2v) is 4.16. The molecule has 0 radical (unpaired) electrons. The molecule has 0 aliphatic heterocycles. The van der Waals surface area contributed by atoms with E-state index in [1.807, 2.05) is 13.1 Å². The van der Waals surface area contributed by atoms with Crippen LogP contribution in [0.1, 0.15) is 24.1 Å². The quantitative estimate of drug-likeness (QED) is 0.907. The minimum absolute atomic E-state index is 0.194. The van der Waals surface area contributed by atoms with Crippen LogP contribution in [0.5, 0.6) is 0 Å². The highest BCUT2D eigenvalue weighted by Crippen LogP contribution is 2.20. The van der Waals surface area contributed by atoms with Crippen molar-refractivity contribution in [3.05, 3.63) is 53.4 Å². The number of hydrogen-bond donors (Lipinski definition) is 1. The molecule has 1 atom stereocenters. The highest BCUT2D eigenvalue weighted by molar-refractivity contribution is 5.24. The number of rotatable bonds is 4. The van der Waals surface area contributed by atoms with Gasteiger partial charge in [-0.25, -0.2) is 8.78 Å². The van der Waals surface area contributed by atoms with Crippen molar-refractivity contribution in [1.82, 2.24) is 9.78 Å². The predicted octanol–water partition coefficient (Wildman–Crippen LogP) is 2.42. The summed E-state index contributed by atoms with van der Waals surface area (Å²) < 4.78 is 28.4. The van der Waals surface area contributed by atoms with E-state index >= 15 is 0 Å². The number of halogens is 2. The average Bonchev–Trinajstić information content (AvgIpc) is 2.80. The van der Waals surface area contributed by atoms with Gasteiger partial charge in [-0.1, -0.05) is 12.1 Å². The standard InChI is InChI=1S/C13H15F2N3/c1-2-18-8-9(7-17-18)6-12(16)10-4-3-5-11(14)13(10)15/h3-5,7-8,12H,2,6,16H2,1H3. The van der Waals surface area contributed by atoms with Crippen molar-refractivity contribution in [1.29, 1.82) is 0 Å². The third kappa shape index (κ3) is 2.56. The summed E-state index contributed by atoms with van der Waals surface area (Å²) in [4.78, 5) is 0. The summed E-state index contributed by atoms with van der Waals surface area (Å²) in [6, 6.07) is 3.48. The van der Waals surface area contributed by atoms with E-state index in [1.165, 1.54) is 12.1 Å². The number of benzene rings is 1. The molecule has 2 aromatic rings. The van der Waals surface area contributed by atoms with Crippen LogP contribution in [0.3, 0.4) is 0 Å². The molecule has 96 valence electrons. The van der Waals surface area contributed by atoms with Gasteiger partial charge in [0, 0.05) is 24.3 Å². The smallest absolute Gasteiger partial charge is 0.163 e. The topological polar surface area (TPSA) is 43.8 Å². The lowest BCUT2D eigenvalue weighted by molar-refractivity contribution is 0.488. The van der Waals surface area contributed by atoms with Gasteiger partial charge in [0.15, 0.2) is 11.6 Å². The Morgan fingerprint density at radius 1 is 1.39 bits per heavy atom. The van der Waals surface area contributed by atoms with Crippen LogP contribution in [0, 0.1) is 11.6 Å². The Morgan fingerprint density at radius 3 is 2.83 bits per heavy atom. The van der Waals surface area contributed by atoms with Gasteiger partial charge in [0.2, 0.25) is 0 Å². The molecule has 0 saturated heterocycles. The summed E-state index contributed by atoms with van der Waals surface area (Å²) in [7, 11) is 0. The minimum atomic E-state index is -0.868. The van der Waals surface area contributed by atoms with Gasteiger partial charge in [-0.2, -0.15) is 5.10 Å². The molecule has 0 fully saturated rings. The first-order chi connectivity index (χ1) is 8.61. The van der Waals surface area contributed by atoms with Gasteiger partial charge >= 0.3 is 0 Å². The van der Waals surface area contributed by atoms with E-state index in [9.17, 15) is 8.78 Å². The van der Waals surface area contributed by atoms with E-state index in [1.54, 1.807) is 10.9 Å². The molecule has 0 aliphatic carbocycles. The van der Waals surface area contributed by atoms with E-state index in [4.69, 9.17) is 5.73 Å². The summed E-state index contributed by atoms with van der Waals surface area (Å²) >= 11 is 0. The highest BCUT2D eigenvalue weighted by atomic mass is 19.2. The number of aryl methyl sites for hydroxylation is 1. The van der Waals surface area contributed by atoms with E-state index in [0.29, 0.717) is 6.42 Å². The summed E-state index contributed by atoms with van der Waals surface area (Å²) in [5, 5.41) is 4.11. The second kappa shape index (κ2) is 5.27. The van der Waals surface area contributed by atoms with Gasteiger partial charge in [-0.15, -0.1) is 0 Å². The Balaban J connectivity index is 2.16. The molecule has 0 spiro atoms. The highest BCUT2D eigenvalue weighted by Gasteiger charge is 2.15. The number of aromatic nitrogens is 2. The SMILES string of the molecule is CCn1cc(CC(N)c2cccc(F)c2F)cn1. The van der Waals surface area contributed by atoms with Crippen LogP contribution in [0.25, 0.3) is 0 Å². The molecule has 3 nitrogen and oxygen atoms in total. The largest absolute Gasteiger partial charge is 0.324 e. The van der Waals surface area contributed by atoms with Gasteiger partial charge in [0.1, 0.15) is 0 Å². The number of hydrogen-bond acceptors (Lipinski definition) is 2. The van der Waals surface area contributed by atoms with Gasteiger partial charge in [0.05, 0.1) is 6.20 Å². The summed E-state index contributed by atoms with van der Waals surface area (Å²) in [6.07, 6.45) is 3.98. The lowest BCUT2D eigenvalue weighted by Gasteiger charge is -2.12. The van der Waals surface area contributed by atoms with E-state index < -0.39 is 17.7 Å². The Hall–Kier alpha value is -1.75. The molecule has 0 amide bonds. The first-order valence-corrected chi connectivity index (χ1v) is 5.82. The lowest BCUT2D eigenvalue weighted by Crippen LogP contribution is -2.15. The van der Waals surface area contributed by atoms with Crippen LogP contribution < -0.4 is 5.73 Å². The molecular formula is C13H15F2N3. The van der Waals surface area contributed by atoms with Crippen molar-refractivity contribution < 1.29 is 8.78 Å². The van der Waals surface area contributed by atoms with Gasteiger partial charge < -0.3 is 5.73 Å². The molecule has 1 aromatic carbocycles. The van der Waals surface area contributed by atoms with Crippen molar-refractivity contribution in [2.24, 2.45) is 5.73 Å². The third-order valence-corrected chi connectivity index (χ3v) is 2.85. The molecular weight excluding hydrogens is 236 g/mol. The van der Waals surface area contributed by atoms with E-state index in [2.05, 4.69) is 5.10 Å². The Kier molecular flexibility index (Phi) is 3.72. The minimum Gasteiger partial charge on any atom is -0.324 e. The summed E-state index contributed by atoms with van der Waals surface area (Å²) in [5.41, 5.74) is 7.01. The maximum absolute atomic E-state index is 13.6. The molecule has 18 heavy (non-hydrogen) atoms. The van der Waals surface area contributed by atoms with Crippen molar-refractivity contribution >= 4 is 0 Å². The normalized spacial score (nSPS) is 12.7. The van der Waals surface area contributed by atoms with Crippen LogP contribution >= 0.6 is 0 Å². The fourth-order valence-corrected chi connectivity index (χ4v) is 1.86. The molecule has 0 aliphatic rings. The molecule has 5 heteroatoms. The zero-order valence-electron chi connectivity index (χ0n) is 10.1. The van der Waals surface area contributed by atoms with Gasteiger partial charge in [0.25, 0.3) is 0 Å². The molecule has 1 aromatic heterocycles. The Morgan fingerprint density at radius 2 is 2.17 bits per heavy atom. The number of nitrogens with two attached hydrogens (primary N) is 1. The van der Waals surface area contributed by atoms with Gasteiger partial charge in [-0.3, -0.25) is 4.68 Å². The van der Waals surface area contributed by atoms with Gasteiger partial charge in [-0.05, 0) is 25.0 Å². The monoisotopic (exact) mass is 251 g/mol. The third-order valence-electron chi connectivity index (χ3n) is 2.85. The molecule has 1 heterocycles. The van der Waals surface area contributed by atoms with Crippen LogP contribution in [-0.2, 0) is 13.0 Å². The maximum atomic E-state index is 13.6. The zero-order chi connectivity index (χ0) is 13.1. The Labute approximate surface area is 104 Å². The van der Waals surface area contributed by atoms with Crippen molar-refractivity contribution in [3.8, 4) is 0 Å². The van der Waals surface area contributed by atoms with Crippen LogP contribution in [0.4, 0.5) is 8.78 Å².